The van der Waals surface area contributed by atoms with E-state index in [4.69, 9.17) is 23.7 Å². The Bertz CT molecular complexity index is 1360. The van der Waals surface area contributed by atoms with Gasteiger partial charge >= 0.3 is 23.9 Å². The fourth-order valence-corrected chi connectivity index (χ4v) is 7.76. The molecule has 3 fully saturated rings. The van der Waals surface area contributed by atoms with E-state index in [1.165, 1.54) is 13.8 Å². The summed E-state index contributed by atoms with van der Waals surface area (Å²) < 4.78 is 31.6. The average Bonchev–Trinajstić information content (AvgIpc) is 3.14. The third kappa shape index (κ3) is 4.68. The van der Waals surface area contributed by atoms with Crippen LogP contribution in [0.5, 0.6) is 0 Å². The molecule has 2 aliphatic carbocycles. The van der Waals surface area contributed by atoms with E-state index in [9.17, 15) is 19.2 Å². The summed E-state index contributed by atoms with van der Waals surface area (Å²) in [6.07, 6.45) is -2.89. The van der Waals surface area contributed by atoms with Crippen LogP contribution in [0, 0.1) is 17.3 Å². The van der Waals surface area contributed by atoms with Crippen molar-refractivity contribution in [1.82, 2.24) is 0 Å². The van der Waals surface area contributed by atoms with Crippen LogP contribution in [-0.4, -0.2) is 59.5 Å². The first-order valence-electron chi connectivity index (χ1n) is 14.4. The molecule has 2 saturated carbocycles. The van der Waals surface area contributed by atoms with Crippen LogP contribution in [0.1, 0.15) is 75.1 Å². The Kier molecular flexibility index (Phi) is 7.68. The quantitative estimate of drug-likeness (QED) is 0.348. The number of fused-ring (bicyclic) bond motifs is 1. The van der Waals surface area contributed by atoms with Crippen LogP contribution in [-0.2, 0) is 33.3 Å². The highest BCUT2D eigenvalue weighted by Gasteiger charge is 2.82. The predicted octanol–water partition coefficient (Wildman–Crippen LogP) is 4.91. The van der Waals surface area contributed by atoms with Gasteiger partial charge in [0.05, 0.1) is 28.1 Å². The number of rotatable bonds is 6. The molecular weight excluding hydrogens is 540 g/mol. The maximum atomic E-state index is 13.6. The third-order valence-electron chi connectivity index (χ3n) is 9.43. The minimum absolute atomic E-state index is 0.209. The third-order valence-corrected chi connectivity index (χ3v) is 9.43. The predicted molar refractivity (Wildman–Crippen MR) is 150 cm³/mol. The first-order chi connectivity index (χ1) is 19.8. The lowest BCUT2D eigenvalue weighted by molar-refractivity contribution is -0.296. The Hall–Kier alpha value is -3.72. The van der Waals surface area contributed by atoms with Gasteiger partial charge in [-0.2, -0.15) is 0 Å². The van der Waals surface area contributed by atoms with E-state index in [-0.39, 0.29) is 5.92 Å². The molecule has 9 nitrogen and oxygen atoms in total. The number of ether oxygens (including phenoxy) is 5. The maximum Gasteiger partial charge on any atom is 0.338 e. The number of carbonyl (C=O) groups excluding carboxylic acids is 4. The van der Waals surface area contributed by atoms with Gasteiger partial charge in [0.25, 0.3) is 0 Å². The molecular formula is C33H38O9. The van der Waals surface area contributed by atoms with E-state index in [2.05, 4.69) is 0 Å². The van der Waals surface area contributed by atoms with Gasteiger partial charge in [-0.1, -0.05) is 43.3 Å². The molecule has 5 rings (SSSR count). The number of hydrogen-bond acceptors (Lipinski definition) is 9. The molecule has 1 aliphatic heterocycles. The van der Waals surface area contributed by atoms with Crippen molar-refractivity contribution >= 4 is 23.9 Å². The zero-order valence-electron chi connectivity index (χ0n) is 24.8. The fourth-order valence-electron chi connectivity index (χ4n) is 7.76. The van der Waals surface area contributed by atoms with Crippen molar-refractivity contribution in [3.05, 3.63) is 71.8 Å². The van der Waals surface area contributed by atoms with Crippen LogP contribution in [0.3, 0.4) is 0 Å². The monoisotopic (exact) mass is 578 g/mol. The van der Waals surface area contributed by atoms with E-state index >= 15 is 0 Å². The van der Waals surface area contributed by atoms with Crippen LogP contribution in [0.15, 0.2) is 60.7 Å². The van der Waals surface area contributed by atoms with Gasteiger partial charge in [0, 0.05) is 13.8 Å². The topological polar surface area (TPSA) is 114 Å². The van der Waals surface area contributed by atoms with Crippen molar-refractivity contribution < 1.29 is 42.9 Å². The number of esters is 4. The van der Waals surface area contributed by atoms with Gasteiger partial charge in [-0.15, -0.1) is 0 Å². The molecule has 8 atom stereocenters. The van der Waals surface area contributed by atoms with Gasteiger partial charge in [-0.3, -0.25) is 9.59 Å². The van der Waals surface area contributed by atoms with Crippen molar-refractivity contribution in [3.63, 3.8) is 0 Å². The lowest BCUT2D eigenvalue weighted by atomic mass is 9.48. The molecule has 1 spiro atoms. The Balaban J connectivity index is 1.70. The molecule has 1 saturated heterocycles. The van der Waals surface area contributed by atoms with Crippen LogP contribution in [0.2, 0.25) is 0 Å². The molecule has 0 unspecified atom stereocenters. The second-order valence-electron chi connectivity index (χ2n) is 12.3. The zero-order valence-corrected chi connectivity index (χ0v) is 24.8. The molecule has 2 bridgehead atoms. The number of hydrogen-bond donors (Lipinski definition) is 0. The van der Waals surface area contributed by atoms with Crippen molar-refractivity contribution in [2.24, 2.45) is 17.3 Å². The first-order valence-corrected chi connectivity index (χ1v) is 14.4. The number of benzene rings is 2. The summed E-state index contributed by atoms with van der Waals surface area (Å²) in [5.41, 5.74) is -2.85. The van der Waals surface area contributed by atoms with Gasteiger partial charge in [0.2, 0.25) is 0 Å². The normalized spacial score (nSPS) is 34.4. The second-order valence-corrected chi connectivity index (χ2v) is 12.3. The summed E-state index contributed by atoms with van der Waals surface area (Å²) in [5.74, 6) is -3.18. The Morgan fingerprint density at radius 3 is 1.76 bits per heavy atom. The molecule has 224 valence electrons. The molecule has 0 amide bonds. The highest BCUT2D eigenvalue weighted by atomic mass is 16.6. The molecule has 3 aliphatic rings. The lowest BCUT2D eigenvalue weighted by Gasteiger charge is -2.62. The molecule has 9 heteroatoms. The minimum atomic E-state index is -1.30. The van der Waals surface area contributed by atoms with Gasteiger partial charge in [0.1, 0.15) is 23.9 Å². The van der Waals surface area contributed by atoms with Crippen molar-refractivity contribution in [2.45, 2.75) is 90.0 Å². The van der Waals surface area contributed by atoms with Crippen molar-refractivity contribution in [3.8, 4) is 0 Å². The fraction of sp³-hybridized carbons (Fsp3) is 0.515. The highest BCUT2D eigenvalue weighted by Crippen LogP contribution is 2.68. The largest absolute Gasteiger partial charge is 0.459 e. The van der Waals surface area contributed by atoms with E-state index in [0.717, 1.165) is 0 Å². The Morgan fingerprint density at radius 2 is 1.24 bits per heavy atom. The van der Waals surface area contributed by atoms with Gasteiger partial charge in [-0.05, 0) is 63.8 Å². The zero-order chi connectivity index (χ0) is 30.4. The Labute approximate surface area is 245 Å². The van der Waals surface area contributed by atoms with Crippen LogP contribution < -0.4 is 0 Å². The van der Waals surface area contributed by atoms with Gasteiger partial charge in [0.15, 0.2) is 6.10 Å². The summed E-state index contributed by atoms with van der Waals surface area (Å²) in [7, 11) is 0. The molecule has 2 aromatic rings. The van der Waals surface area contributed by atoms with Gasteiger partial charge in [-0.25, -0.2) is 9.59 Å². The van der Waals surface area contributed by atoms with Crippen LogP contribution in [0.25, 0.3) is 0 Å². The molecule has 42 heavy (non-hydrogen) atoms. The summed E-state index contributed by atoms with van der Waals surface area (Å²) >= 11 is 0. The second kappa shape index (κ2) is 10.8. The molecule has 0 radical (unpaired) electrons. The Morgan fingerprint density at radius 1 is 0.714 bits per heavy atom. The average molecular weight is 579 g/mol. The van der Waals surface area contributed by atoms with E-state index in [0.29, 0.717) is 24.0 Å². The molecule has 2 aromatic carbocycles. The first kappa shape index (κ1) is 29.8. The van der Waals surface area contributed by atoms with Crippen molar-refractivity contribution in [1.29, 1.82) is 0 Å². The van der Waals surface area contributed by atoms with Crippen molar-refractivity contribution in [2.75, 3.05) is 0 Å². The van der Waals surface area contributed by atoms with Crippen LogP contribution >= 0.6 is 0 Å². The molecule has 0 N–H and O–H groups in total. The SMILES string of the molecule is CC(=O)O[C@H]1[C@@H]2[C@@H](OC(C)=O)[C@]3(OC2(C)C)[C@H](C)CC[C@H](OC(=O)c2ccccc2)[C@@]3(C)[C@@H]1OC(=O)c1ccccc1. The smallest absolute Gasteiger partial charge is 0.338 e. The van der Waals surface area contributed by atoms with Gasteiger partial charge < -0.3 is 23.7 Å². The maximum absolute atomic E-state index is 13.6. The lowest BCUT2D eigenvalue weighted by Crippen LogP contribution is -2.76. The molecule has 0 aromatic heterocycles. The van der Waals surface area contributed by atoms with E-state index in [1.807, 2.05) is 27.7 Å². The summed E-state index contributed by atoms with van der Waals surface area (Å²) in [5, 5.41) is 0. The summed E-state index contributed by atoms with van der Waals surface area (Å²) in [6.45, 7) is 10.1. The minimum Gasteiger partial charge on any atom is -0.459 e. The molecule has 1 heterocycles. The number of carbonyl (C=O) groups is 4. The van der Waals surface area contributed by atoms with E-state index < -0.39 is 70.8 Å². The summed E-state index contributed by atoms with van der Waals surface area (Å²) in [6, 6.07) is 17.1. The summed E-state index contributed by atoms with van der Waals surface area (Å²) in [4.78, 5) is 52.3. The van der Waals surface area contributed by atoms with E-state index in [1.54, 1.807) is 60.7 Å². The highest BCUT2D eigenvalue weighted by molar-refractivity contribution is 5.90. The standard InChI is InChI=1S/C33H38O9/c1-19-17-18-24(40-29(36)22-13-9-7-10-14-22)32(6)28(41-30(37)23-15-11-8-12-16-23)26(38-20(2)34)25-27(39-21(3)35)33(19,32)42-31(25,4)5/h7-16,19,24-28H,17-18H2,1-6H3/t19-,24+,25-,26+,27-,28-,32+,33-/m1/s1. The van der Waals surface area contributed by atoms with Crippen LogP contribution in [0.4, 0.5) is 0 Å².